The Balaban J connectivity index is 2.69. The Morgan fingerprint density at radius 1 is 1.25 bits per heavy atom. The lowest BCUT2D eigenvalue weighted by atomic mass is 9.60. The van der Waals surface area contributed by atoms with Crippen LogP contribution in [0.2, 0.25) is 0 Å². The molecular formula is C15H29N. The van der Waals surface area contributed by atoms with Crippen LogP contribution in [0.25, 0.3) is 0 Å². The van der Waals surface area contributed by atoms with Crippen LogP contribution in [-0.2, 0) is 0 Å². The van der Waals surface area contributed by atoms with Crippen LogP contribution in [0, 0.1) is 16.7 Å². The number of hydrogen-bond donors (Lipinski definition) is 1. The molecule has 0 spiro atoms. The van der Waals surface area contributed by atoms with E-state index in [4.69, 9.17) is 0 Å². The van der Waals surface area contributed by atoms with E-state index < -0.39 is 0 Å². The molecule has 0 aromatic heterocycles. The molecule has 1 aliphatic carbocycles. The van der Waals surface area contributed by atoms with E-state index >= 15 is 0 Å². The highest BCUT2D eigenvalue weighted by Gasteiger charge is 2.40. The first-order valence-corrected chi connectivity index (χ1v) is 6.71. The summed E-state index contributed by atoms with van der Waals surface area (Å²) in [5.41, 5.74) is 2.16. The summed E-state index contributed by atoms with van der Waals surface area (Å²) < 4.78 is 0. The lowest BCUT2D eigenvalue weighted by molar-refractivity contribution is 0.0730. The molecule has 0 bridgehead atoms. The third kappa shape index (κ3) is 3.26. The minimum Gasteiger partial charge on any atom is -0.389 e. The molecule has 0 aromatic carbocycles. The van der Waals surface area contributed by atoms with Crippen molar-refractivity contribution in [2.24, 2.45) is 16.7 Å². The monoisotopic (exact) mass is 223 g/mol. The Bertz CT molecular complexity index is 250. The fourth-order valence-corrected chi connectivity index (χ4v) is 2.77. The van der Waals surface area contributed by atoms with E-state index in [2.05, 4.69) is 46.5 Å². The summed E-state index contributed by atoms with van der Waals surface area (Å²) in [6.45, 7) is 17.1. The van der Waals surface area contributed by atoms with Crippen LogP contribution in [0.3, 0.4) is 0 Å². The molecule has 0 heterocycles. The van der Waals surface area contributed by atoms with Crippen molar-refractivity contribution in [1.82, 2.24) is 5.32 Å². The third-order valence-corrected chi connectivity index (χ3v) is 4.17. The summed E-state index contributed by atoms with van der Waals surface area (Å²) in [6, 6.07) is 0. The van der Waals surface area contributed by atoms with E-state index in [0.29, 0.717) is 16.7 Å². The number of hydrogen-bond acceptors (Lipinski definition) is 1. The lowest BCUT2D eigenvalue weighted by Crippen LogP contribution is -2.39. The average Bonchev–Trinajstić information content (AvgIpc) is 2.19. The molecule has 1 saturated carbocycles. The fraction of sp³-hybridized carbons (Fsp3) is 0.867. The molecule has 0 saturated heterocycles. The molecule has 0 radical (unpaired) electrons. The van der Waals surface area contributed by atoms with Gasteiger partial charge in [-0.3, -0.25) is 0 Å². The standard InChI is InChI=1S/C15H29N/c1-7-10-16-12(2)13-11-14(3,4)8-9-15(13,5)6/h13,16H,2,7-11H2,1,3-6H3. The topological polar surface area (TPSA) is 12.0 Å². The summed E-state index contributed by atoms with van der Waals surface area (Å²) in [5, 5.41) is 3.50. The Hall–Kier alpha value is -0.460. The first-order chi connectivity index (χ1) is 7.28. The van der Waals surface area contributed by atoms with Gasteiger partial charge in [-0.25, -0.2) is 0 Å². The van der Waals surface area contributed by atoms with Crippen molar-refractivity contribution in [2.45, 2.75) is 60.3 Å². The third-order valence-electron chi connectivity index (χ3n) is 4.17. The number of allylic oxidation sites excluding steroid dienone is 1. The highest BCUT2D eigenvalue weighted by molar-refractivity contribution is 5.07. The predicted molar refractivity (Wildman–Crippen MR) is 72.3 cm³/mol. The average molecular weight is 223 g/mol. The van der Waals surface area contributed by atoms with Crippen LogP contribution in [-0.4, -0.2) is 6.54 Å². The summed E-state index contributed by atoms with van der Waals surface area (Å²) in [6.07, 6.45) is 5.11. The van der Waals surface area contributed by atoms with E-state index in [1.807, 2.05) is 0 Å². The van der Waals surface area contributed by atoms with E-state index in [-0.39, 0.29) is 0 Å². The van der Waals surface area contributed by atoms with Crippen LogP contribution in [0.1, 0.15) is 60.3 Å². The van der Waals surface area contributed by atoms with Gasteiger partial charge in [0.1, 0.15) is 0 Å². The van der Waals surface area contributed by atoms with Crippen molar-refractivity contribution < 1.29 is 0 Å². The van der Waals surface area contributed by atoms with Crippen molar-refractivity contribution in [3.05, 3.63) is 12.3 Å². The van der Waals surface area contributed by atoms with Crippen molar-refractivity contribution in [2.75, 3.05) is 6.54 Å². The van der Waals surface area contributed by atoms with Gasteiger partial charge in [0.25, 0.3) is 0 Å². The molecule has 0 aliphatic heterocycles. The zero-order valence-corrected chi connectivity index (χ0v) is 11.8. The Morgan fingerprint density at radius 2 is 1.88 bits per heavy atom. The molecule has 1 N–H and O–H groups in total. The number of nitrogens with one attached hydrogen (secondary N) is 1. The van der Waals surface area contributed by atoms with E-state index in [1.54, 1.807) is 0 Å². The smallest absolute Gasteiger partial charge is 0.0141 e. The second kappa shape index (κ2) is 4.81. The van der Waals surface area contributed by atoms with E-state index in [1.165, 1.54) is 31.4 Å². The second-order valence-electron chi connectivity index (χ2n) is 6.86. The first kappa shape index (κ1) is 13.6. The van der Waals surface area contributed by atoms with Gasteiger partial charge < -0.3 is 5.32 Å². The Labute approximate surface area is 102 Å². The summed E-state index contributed by atoms with van der Waals surface area (Å²) in [4.78, 5) is 0. The van der Waals surface area contributed by atoms with Gasteiger partial charge in [0, 0.05) is 18.2 Å². The highest BCUT2D eigenvalue weighted by Crippen LogP contribution is 2.50. The molecule has 94 valence electrons. The normalized spacial score (nSPS) is 27.4. The maximum atomic E-state index is 4.27. The van der Waals surface area contributed by atoms with Gasteiger partial charge >= 0.3 is 0 Å². The van der Waals surface area contributed by atoms with Gasteiger partial charge in [-0.05, 0) is 36.5 Å². The van der Waals surface area contributed by atoms with Gasteiger partial charge in [0.05, 0.1) is 0 Å². The summed E-state index contributed by atoms with van der Waals surface area (Å²) >= 11 is 0. The predicted octanol–water partition coefficient (Wildman–Crippen LogP) is 4.35. The maximum absolute atomic E-state index is 4.27. The second-order valence-corrected chi connectivity index (χ2v) is 6.86. The Kier molecular flexibility index (Phi) is 4.09. The molecular weight excluding hydrogens is 194 g/mol. The van der Waals surface area contributed by atoms with Gasteiger partial charge in [-0.15, -0.1) is 0 Å². The van der Waals surface area contributed by atoms with E-state index in [0.717, 1.165) is 6.54 Å². The van der Waals surface area contributed by atoms with Crippen molar-refractivity contribution >= 4 is 0 Å². The SMILES string of the molecule is C=C(NCCC)C1CC(C)(C)CCC1(C)C. The largest absolute Gasteiger partial charge is 0.389 e. The van der Waals surface area contributed by atoms with E-state index in [9.17, 15) is 0 Å². The summed E-state index contributed by atoms with van der Waals surface area (Å²) in [7, 11) is 0. The van der Waals surface area contributed by atoms with Crippen molar-refractivity contribution in [3.8, 4) is 0 Å². The van der Waals surface area contributed by atoms with Crippen LogP contribution in [0.5, 0.6) is 0 Å². The highest BCUT2D eigenvalue weighted by atomic mass is 14.9. The lowest BCUT2D eigenvalue weighted by Gasteiger charge is -2.47. The zero-order chi connectivity index (χ0) is 12.4. The molecule has 1 fully saturated rings. The Morgan fingerprint density at radius 3 is 2.44 bits per heavy atom. The van der Waals surface area contributed by atoms with Crippen LogP contribution in [0.4, 0.5) is 0 Å². The molecule has 1 atom stereocenters. The van der Waals surface area contributed by atoms with Crippen LogP contribution >= 0.6 is 0 Å². The van der Waals surface area contributed by atoms with Gasteiger partial charge in [0.2, 0.25) is 0 Å². The van der Waals surface area contributed by atoms with Gasteiger partial charge in [0.15, 0.2) is 0 Å². The molecule has 0 aromatic rings. The maximum Gasteiger partial charge on any atom is 0.0141 e. The molecule has 1 rings (SSSR count). The van der Waals surface area contributed by atoms with Crippen molar-refractivity contribution in [1.29, 1.82) is 0 Å². The van der Waals surface area contributed by atoms with Crippen LogP contribution < -0.4 is 5.32 Å². The first-order valence-electron chi connectivity index (χ1n) is 6.71. The molecule has 16 heavy (non-hydrogen) atoms. The number of rotatable bonds is 4. The van der Waals surface area contributed by atoms with Gasteiger partial charge in [-0.1, -0.05) is 41.2 Å². The van der Waals surface area contributed by atoms with Crippen molar-refractivity contribution in [3.63, 3.8) is 0 Å². The minimum atomic E-state index is 0.410. The molecule has 1 unspecified atom stereocenters. The summed E-state index contributed by atoms with van der Waals surface area (Å²) in [5.74, 6) is 0.628. The minimum absolute atomic E-state index is 0.410. The molecule has 1 nitrogen and oxygen atoms in total. The molecule has 1 aliphatic rings. The quantitative estimate of drug-likeness (QED) is 0.747. The van der Waals surface area contributed by atoms with Crippen LogP contribution in [0.15, 0.2) is 12.3 Å². The van der Waals surface area contributed by atoms with Gasteiger partial charge in [-0.2, -0.15) is 0 Å². The fourth-order valence-electron chi connectivity index (χ4n) is 2.77. The zero-order valence-electron chi connectivity index (χ0n) is 11.8. The molecule has 1 heteroatoms. The molecule has 0 amide bonds.